The minimum atomic E-state index is 0. The van der Waals surface area contributed by atoms with Gasteiger partial charge in [0.05, 0.1) is 16.8 Å². The van der Waals surface area contributed by atoms with Crippen LogP contribution < -0.4 is 4.90 Å². The molecule has 0 bridgehead atoms. The van der Waals surface area contributed by atoms with Crippen molar-refractivity contribution in [1.82, 2.24) is 14.8 Å². The molecule has 0 spiro atoms. The Kier molecular flexibility index (Phi) is 8.26. The summed E-state index contributed by atoms with van der Waals surface area (Å²) in [6.07, 6.45) is 5.47. The Morgan fingerprint density at radius 1 is 1.06 bits per heavy atom. The maximum atomic E-state index is 6.53. The van der Waals surface area contributed by atoms with Crippen LogP contribution in [-0.2, 0) is 0 Å². The molecule has 1 unspecified atom stereocenters. The molecule has 0 N–H and O–H groups in total. The van der Waals surface area contributed by atoms with Crippen molar-refractivity contribution in [2.45, 2.75) is 57.9 Å². The average molecular weight is 480 g/mol. The number of anilines is 1. The molecule has 31 heavy (non-hydrogen) atoms. The minimum absolute atomic E-state index is 0. The van der Waals surface area contributed by atoms with Gasteiger partial charge in [0, 0.05) is 17.5 Å². The molecule has 166 valence electrons. The first-order valence-electron chi connectivity index (χ1n) is 10.9. The van der Waals surface area contributed by atoms with Crippen LogP contribution >= 0.6 is 35.6 Å². The maximum absolute atomic E-state index is 6.53. The topological polar surface area (TPSA) is 34.0 Å². The Morgan fingerprint density at radius 2 is 1.81 bits per heavy atom. The summed E-state index contributed by atoms with van der Waals surface area (Å²) >= 11 is 12.7. The first-order valence-corrected chi connectivity index (χ1v) is 11.6. The van der Waals surface area contributed by atoms with Crippen LogP contribution in [0.3, 0.4) is 0 Å². The van der Waals surface area contributed by atoms with Crippen molar-refractivity contribution in [2.75, 3.05) is 11.4 Å². The van der Waals surface area contributed by atoms with E-state index in [-0.39, 0.29) is 18.4 Å². The molecule has 1 aliphatic carbocycles. The highest BCUT2D eigenvalue weighted by atomic mass is 35.5. The standard InChI is InChI=1S/C24H28Cl2N4.ClH/c1-3-8-21(17-9-6-5-7-10-17)29(15-4-2)24-27-23(18-11-12-18)30(28-24)22-14-13-19(25)16-20(22)26;/h5-7,9-10,13-14,16,18,21H,3-4,8,11-12,15H2,1-2H3;1H. The Bertz CT molecular complexity index is 986. The third-order valence-electron chi connectivity index (χ3n) is 5.55. The molecule has 0 amide bonds. The lowest BCUT2D eigenvalue weighted by Gasteiger charge is -2.31. The molecule has 1 heterocycles. The Labute approximate surface area is 201 Å². The van der Waals surface area contributed by atoms with E-state index in [2.05, 4.69) is 49.1 Å². The lowest BCUT2D eigenvalue weighted by atomic mass is 10.0. The van der Waals surface area contributed by atoms with Gasteiger partial charge in [-0.15, -0.1) is 17.5 Å². The summed E-state index contributed by atoms with van der Waals surface area (Å²) in [5.74, 6) is 2.23. The molecular weight excluding hydrogens is 451 g/mol. The normalized spacial score (nSPS) is 14.2. The highest BCUT2D eigenvalue weighted by Gasteiger charge is 2.33. The van der Waals surface area contributed by atoms with Crippen LogP contribution in [0.5, 0.6) is 0 Å². The van der Waals surface area contributed by atoms with Crippen LogP contribution in [0.1, 0.15) is 69.3 Å². The molecule has 0 aliphatic heterocycles. The summed E-state index contributed by atoms with van der Waals surface area (Å²) < 4.78 is 1.93. The third kappa shape index (κ3) is 5.36. The predicted molar refractivity (Wildman–Crippen MR) is 132 cm³/mol. The average Bonchev–Trinajstić information content (AvgIpc) is 3.50. The van der Waals surface area contributed by atoms with Crippen LogP contribution in [0.15, 0.2) is 48.5 Å². The Hall–Kier alpha value is -1.75. The first kappa shape index (κ1) is 23.9. The fourth-order valence-corrected chi connectivity index (χ4v) is 4.45. The molecule has 0 radical (unpaired) electrons. The molecule has 1 atom stereocenters. The van der Waals surface area contributed by atoms with Gasteiger partial charge in [-0.2, -0.15) is 4.98 Å². The van der Waals surface area contributed by atoms with E-state index in [1.54, 1.807) is 6.07 Å². The number of benzene rings is 2. The zero-order valence-corrected chi connectivity index (χ0v) is 20.3. The third-order valence-corrected chi connectivity index (χ3v) is 6.08. The van der Waals surface area contributed by atoms with Crippen molar-refractivity contribution in [3.8, 4) is 5.69 Å². The van der Waals surface area contributed by atoms with Crippen molar-refractivity contribution in [1.29, 1.82) is 0 Å². The maximum Gasteiger partial charge on any atom is 0.245 e. The van der Waals surface area contributed by atoms with Crippen LogP contribution in [0.4, 0.5) is 5.95 Å². The summed E-state index contributed by atoms with van der Waals surface area (Å²) in [4.78, 5) is 7.41. The largest absolute Gasteiger partial charge is 0.332 e. The van der Waals surface area contributed by atoms with Crippen LogP contribution in [-0.4, -0.2) is 21.3 Å². The quantitative estimate of drug-likeness (QED) is 0.316. The number of hydrogen-bond donors (Lipinski definition) is 0. The number of hydrogen-bond acceptors (Lipinski definition) is 3. The van der Waals surface area contributed by atoms with Gasteiger partial charge in [-0.3, -0.25) is 0 Å². The summed E-state index contributed by atoms with van der Waals surface area (Å²) in [5.41, 5.74) is 2.14. The second-order valence-corrected chi connectivity index (χ2v) is 8.80. The number of nitrogens with zero attached hydrogens (tertiary/aromatic N) is 4. The van der Waals surface area contributed by atoms with Crippen molar-refractivity contribution in [3.63, 3.8) is 0 Å². The summed E-state index contributed by atoms with van der Waals surface area (Å²) in [7, 11) is 0. The smallest absolute Gasteiger partial charge is 0.245 e. The number of rotatable bonds is 9. The van der Waals surface area contributed by atoms with Crippen molar-refractivity contribution in [2.24, 2.45) is 0 Å². The fourth-order valence-electron chi connectivity index (χ4n) is 3.96. The molecule has 3 aromatic rings. The van der Waals surface area contributed by atoms with Gasteiger partial charge in [-0.25, -0.2) is 4.68 Å². The van der Waals surface area contributed by atoms with E-state index >= 15 is 0 Å². The second kappa shape index (κ2) is 10.7. The molecule has 4 rings (SSSR count). The fraction of sp³-hybridized carbons (Fsp3) is 0.417. The van der Waals surface area contributed by atoms with Crippen molar-refractivity contribution < 1.29 is 0 Å². The summed E-state index contributed by atoms with van der Waals surface area (Å²) in [5, 5.41) is 6.20. The van der Waals surface area contributed by atoms with Crippen molar-refractivity contribution >= 4 is 41.6 Å². The summed E-state index contributed by atoms with van der Waals surface area (Å²) in [6, 6.07) is 16.5. The van der Waals surface area contributed by atoms with Gasteiger partial charge in [0.1, 0.15) is 5.82 Å². The zero-order valence-electron chi connectivity index (χ0n) is 18.0. The van der Waals surface area contributed by atoms with Crippen LogP contribution in [0.2, 0.25) is 10.0 Å². The Balaban J connectivity index is 0.00000272. The predicted octanol–water partition coefficient (Wildman–Crippen LogP) is 7.63. The van der Waals surface area contributed by atoms with Gasteiger partial charge in [-0.05, 0) is 49.4 Å². The van der Waals surface area contributed by atoms with Gasteiger partial charge in [0.15, 0.2) is 0 Å². The molecule has 1 aromatic heterocycles. The van der Waals surface area contributed by atoms with Crippen LogP contribution in [0, 0.1) is 0 Å². The molecule has 4 nitrogen and oxygen atoms in total. The SMILES string of the molecule is CCCC(c1ccccc1)N(CCC)c1nc(C2CC2)n(-c2ccc(Cl)cc2Cl)n1.Cl. The van der Waals surface area contributed by atoms with Crippen LogP contribution in [0.25, 0.3) is 5.69 Å². The molecular formula is C24H29Cl3N4. The van der Waals surface area contributed by atoms with E-state index in [4.69, 9.17) is 33.3 Å². The molecule has 7 heteroatoms. The second-order valence-electron chi connectivity index (χ2n) is 7.96. The first-order chi connectivity index (χ1) is 14.6. The lowest BCUT2D eigenvalue weighted by molar-refractivity contribution is 0.551. The van der Waals surface area contributed by atoms with Gasteiger partial charge < -0.3 is 4.90 Å². The van der Waals surface area contributed by atoms with Crippen molar-refractivity contribution in [3.05, 3.63) is 70.0 Å². The van der Waals surface area contributed by atoms with E-state index in [1.165, 1.54) is 5.56 Å². The van der Waals surface area contributed by atoms with Gasteiger partial charge in [0.2, 0.25) is 5.95 Å². The minimum Gasteiger partial charge on any atom is -0.332 e. The number of aromatic nitrogens is 3. The van der Waals surface area contributed by atoms with E-state index < -0.39 is 0 Å². The molecule has 0 saturated heterocycles. The molecule has 1 fully saturated rings. The highest BCUT2D eigenvalue weighted by Crippen LogP contribution is 2.42. The van der Waals surface area contributed by atoms with E-state index in [0.29, 0.717) is 16.0 Å². The highest BCUT2D eigenvalue weighted by molar-refractivity contribution is 6.35. The van der Waals surface area contributed by atoms with Gasteiger partial charge in [0.25, 0.3) is 0 Å². The van der Waals surface area contributed by atoms with E-state index in [1.807, 2.05) is 16.8 Å². The van der Waals surface area contributed by atoms with E-state index in [9.17, 15) is 0 Å². The number of halogens is 3. The molecule has 2 aromatic carbocycles. The molecule has 1 saturated carbocycles. The van der Waals surface area contributed by atoms with Gasteiger partial charge >= 0.3 is 0 Å². The zero-order chi connectivity index (χ0) is 21.1. The van der Waals surface area contributed by atoms with Gasteiger partial charge in [-0.1, -0.05) is 73.8 Å². The monoisotopic (exact) mass is 478 g/mol. The molecule has 1 aliphatic rings. The summed E-state index contributed by atoms with van der Waals surface area (Å²) in [6.45, 7) is 5.34. The Morgan fingerprint density at radius 3 is 2.42 bits per heavy atom. The lowest BCUT2D eigenvalue weighted by Crippen LogP contribution is -2.30. The van der Waals surface area contributed by atoms with E-state index in [0.717, 1.165) is 56.1 Å².